The summed E-state index contributed by atoms with van der Waals surface area (Å²) in [4.78, 5) is 13.1. The maximum absolute atomic E-state index is 11.1. The molecule has 1 rings (SSSR count). The van der Waals surface area contributed by atoms with Crippen LogP contribution in [0.1, 0.15) is 9.23 Å². The first-order valence-electron chi connectivity index (χ1n) is 3.27. The van der Waals surface area contributed by atoms with Gasteiger partial charge in [0.1, 0.15) is 0 Å². The van der Waals surface area contributed by atoms with Crippen LogP contribution in [0.3, 0.4) is 0 Å². The van der Waals surface area contributed by atoms with Crippen molar-refractivity contribution in [1.82, 2.24) is 5.32 Å². The molecule has 0 unspecified atom stereocenters. The van der Waals surface area contributed by atoms with Gasteiger partial charge >= 0.3 is 70.3 Å². The predicted octanol–water partition coefficient (Wildman–Crippen LogP) is -0.534. The number of rotatable bonds is 3. The summed E-state index contributed by atoms with van der Waals surface area (Å²) in [5.41, 5.74) is 0. The Morgan fingerprint density at radius 1 is 1.73 bits per heavy atom. The molecule has 1 aromatic rings. The standard InChI is InChI=1S/C7H9NO2Se/c9-4-3-8-7(10)6-2-1-5-11-6/h1-2,5,9H,3-4H2,(H,8,10). The predicted molar refractivity (Wildman–Crippen MR) is 42.8 cm³/mol. The first-order valence-corrected chi connectivity index (χ1v) is 5.11. The van der Waals surface area contributed by atoms with E-state index in [1.165, 1.54) is 0 Å². The summed E-state index contributed by atoms with van der Waals surface area (Å²) >= 11 is 0.194. The monoisotopic (exact) mass is 219 g/mol. The Morgan fingerprint density at radius 3 is 3.09 bits per heavy atom. The summed E-state index contributed by atoms with van der Waals surface area (Å²) in [5, 5.41) is 11.0. The number of nitrogens with one attached hydrogen (secondary N) is 1. The van der Waals surface area contributed by atoms with Crippen molar-refractivity contribution in [3.05, 3.63) is 21.5 Å². The van der Waals surface area contributed by atoms with E-state index in [1.54, 1.807) is 0 Å². The van der Waals surface area contributed by atoms with Crippen molar-refractivity contribution in [3.63, 3.8) is 0 Å². The Bertz CT molecular complexity index is 220. The molecule has 0 spiro atoms. The third-order valence-electron chi connectivity index (χ3n) is 1.14. The molecule has 0 aromatic carbocycles. The van der Waals surface area contributed by atoms with Gasteiger partial charge in [0.15, 0.2) is 0 Å². The minimum atomic E-state index is -0.0518. The SMILES string of the molecule is O=C(NCCO)c1ccc[se]1. The number of aliphatic hydroxyl groups is 1. The van der Waals surface area contributed by atoms with Gasteiger partial charge in [0.25, 0.3) is 0 Å². The summed E-state index contributed by atoms with van der Waals surface area (Å²) in [6.45, 7) is 0.339. The van der Waals surface area contributed by atoms with Gasteiger partial charge in [-0.3, -0.25) is 0 Å². The van der Waals surface area contributed by atoms with E-state index in [0.29, 0.717) is 6.54 Å². The molecule has 0 bridgehead atoms. The molecule has 0 radical (unpaired) electrons. The fraction of sp³-hybridized carbons (Fsp3) is 0.286. The molecule has 1 amide bonds. The maximum atomic E-state index is 11.1. The topological polar surface area (TPSA) is 49.3 Å². The Kier molecular flexibility index (Phi) is 3.36. The number of amides is 1. The van der Waals surface area contributed by atoms with E-state index in [0.717, 1.165) is 4.44 Å². The van der Waals surface area contributed by atoms with E-state index < -0.39 is 0 Å². The Hall–Kier alpha value is -0.571. The molecule has 0 saturated heterocycles. The molecular formula is C7H9NO2Se. The van der Waals surface area contributed by atoms with Crippen molar-refractivity contribution in [3.8, 4) is 0 Å². The third-order valence-corrected chi connectivity index (χ3v) is 2.96. The second-order valence-corrected chi connectivity index (χ2v) is 3.95. The van der Waals surface area contributed by atoms with Crippen molar-refractivity contribution in [2.24, 2.45) is 0 Å². The number of carbonyl (C=O) groups excluding carboxylic acids is 1. The first kappa shape index (κ1) is 8.53. The normalized spacial score (nSPS) is 9.55. The molecule has 0 aliphatic heterocycles. The Balaban J connectivity index is 2.43. The van der Waals surface area contributed by atoms with Crippen LogP contribution in [0.4, 0.5) is 0 Å². The fourth-order valence-electron chi connectivity index (χ4n) is 0.664. The number of aliphatic hydroxyl groups excluding tert-OH is 1. The van der Waals surface area contributed by atoms with Crippen LogP contribution >= 0.6 is 0 Å². The number of hydrogen-bond acceptors (Lipinski definition) is 2. The van der Waals surface area contributed by atoms with Crippen LogP contribution in [0.25, 0.3) is 0 Å². The average Bonchev–Trinajstić information content (AvgIpc) is 2.52. The summed E-state index contributed by atoms with van der Waals surface area (Å²) in [5.74, 6) is -0.0518. The molecule has 1 aromatic heterocycles. The van der Waals surface area contributed by atoms with E-state index >= 15 is 0 Å². The second kappa shape index (κ2) is 4.34. The van der Waals surface area contributed by atoms with E-state index in [9.17, 15) is 4.79 Å². The molecule has 0 fully saturated rings. The van der Waals surface area contributed by atoms with Gasteiger partial charge in [0.05, 0.1) is 0 Å². The van der Waals surface area contributed by atoms with Crippen molar-refractivity contribution < 1.29 is 9.90 Å². The molecule has 11 heavy (non-hydrogen) atoms. The van der Waals surface area contributed by atoms with Gasteiger partial charge in [-0.2, -0.15) is 0 Å². The molecule has 0 saturated carbocycles. The summed E-state index contributed by atoms with van der Waals surface area (Å²) in [7, 11) is 0. The van der Waals surface area contributed by atoms with Crippen molar-refractivity contribution in [2.75, 3.05) is 13.2 Å². The van der Waals surface area contributed by atoms with Crippen LogP contribution in [0.5, 0.6) is 0 Å². The molecule has 0 aliphatic carbocycles. The van der Waals surface area contributed by atoms with Gasteiger partial charge in [-0.25, -0.2) is 0 Å². The zero-order valence-corrected chi connectivity index (χ0v) is 7.62. The zero-order chi connectivity index (χ0) is 8.10. The van der Waals surface area contributed by atoms with Crippen LogP contribution in [-0.2, 0) is 0 Å². The van der Waals surface area contributed by atoms with E-state index in [4.69, 9.17) is 5.11 Å². The van der Waals surface area contributed by atoms with Gasteiger partial charge in [0.2, 0.25) is 0 Å². The Labute approximate surface area is 70.8 Å². The molecule has 3 nitrogen and oxygen atoms in total. The van der Waals surface area contributed by atoms with E-state index in [-0.39, 0.29) is 27.0 Å². The van der Waals surface area contributed by atoms with E-state index in [2.05, 4.69) is 5.32 Å². The minimum absolute atomic E-state index is 0.000547. The van der Waals surface area contributed by atoms with E-state index in [1.807, 2.05) is 17.1 Å². The molecule has 2 N–H and O–H groups in total. The average molecular weight is 218 g/mol. The zero-order valence-electron chi connectivity index (χ0n) is 5.91. The van der Waals surface area contributed by atoms with Crippen LogP contribution < -0.4 is 5.32 Å². The molecule has 0 aliphatic rings. The van der Waals surface area contributed by atoms with Crippen LogP contribution in [0.2, 0.25) is 0 Å². The van der Waals surface area contributed by atoms with Crippen molar-refractivity contribution >= 4 is 20.4 Å². The summed E-state index contributed by atoms with van der Waals surface area (Å²) in [6.07, 6.45) is 0. The molecule has 1 heterocycles. The van der Waals surface area contributed by atoms with Gasteiger partial charge in [-0.15, -0.1) is 0 Å². The third kappa shape index (κ3) is 2.50. The van der Waals surface area contributed by atoms with Gasteiger partial charge < -0.3 is 0 Å². The van der Waals surface area contributed by atoms with Crippen molar-refractivity contribution in [1.29, 1.82) is 0 Å². The summed E-state index contributed by atoms with van der Waals surface area (Å²) < 4.78 is 0.825. The summed E-state index contributed by atoms with van der Waals surface area (Å²) in [6, 6.07) is 3.70. The Morgan fingerprint density at radius 2 is 2.55 bits per heavy atom. The first-order chi connectivity index (χ1) is 5.34. The molecule has 0 atom stereocenters. The quantitative estimate of drug-likeness (QED) is 0.670. The molecule has 4 heteroatoms. The van der Waals surface area contributed by atoms with Gasteiger partial charge in [-0.05, 0) is 0 Å². The van der Waals surface area contributed by atoms with Crippen LogP contribution in [0.15, 0.2) is 17.1 Å². The number of hydrogen-bond donors (Lipinski definition) is 2. The fourth-order valence-corrected chi connectivity index (χ4v) is 2.01. The molecule has 60 valence electrons. The van der Waals surface area contributed by atoms with Crippen LogP contribution in [0, 0.1) is 0 Å². The van der Waals surface area contributed by atoms with Gasteiger partial charge in [-0.1, -0.05) is 0 Å². The van der Waals surface area contributed by atoms with Crippen molar-refractivity contribution in [2.45, 2.75) is 0 Å². The second-order valence-electron chi connectivity index (χ2n) is 1.96. The van der Waals surface area contributed by atoms with Gasteiger partial charge in [0, 0.05) is 0 Å². The van der Waals surface area contributed by atoms with Crippen LogP contribution in [-0.4, -0.2) is 38.7 Å². The number of carbonyl (C=O) groups is 1. The molecular weight excluding hydrogens is 209 g/mol.